The summed E-state index contributed by atoms with van der Waals surface area (Å²) in [5.41, 5.74) is 0.394. The van der Waals surface area contributed by atoms with Gasteiger partial charge in [0.2, 0.25) is 0 Å². The molecule has 0 amide bonds. The van der Waals surface area contributed by atoms with Crippen LogP contribution in [-0.4, -0.2) is 37.4 Å². The number of halogens is 1. The van der Waals surface area contributed by atoms with Crippen molar-refractivity contribution >= 4 is 15.7 Å². The highest BCUT2D eigenvalue weighted by Gasteiger charge is 2.23. The van der Waals surface area contributed by atoms with Gasteiger partial charge in [-0.2, -0.15) is 0 Å². The number of methoxy groups -OCH3 is 2. The molecule has 0 bridgehead atoms. The Balaban J connectivity index is 1.71. The summed E-state index contributed by atoms with van der Waals surface area (Å²) in [4.78, 5) is -0.0865. The number of aryl methyl sites for hydroxylation is 1. The molecule has 1 aliphatic heterocycles. The number of ether oxygens (including phenoxy) is 2. The Morgan fingerprint density at radius 1 is 1.03 bits per heavy atom. The number of fused-ring (bicyclic) bond motifs is 1. The number of hydrogen-bond acceptors (Lipinski definition) is 6. The summed E-state index contributed by atoms with van der Waals surface area (Å²) in [6.45, 7) is 0.702. The first-order valence-corrected chi connectivity index (χ1v) is 11.4. The molecule has 0 atom stereocenters. The second-order valence-corrected chi connectivity index (χ2v) is 8.87. The SMILES string of the molecule is COc1ccc(OC)c(S(=O)(=O)Nc2ccc(F)c(-c3nnc4n3CCCCC4)c2)c1. The van der Waals surface area contributed by atoms with E-state index in [1.165, 1.54) is 44.6 Å². The van der Waals surface area contributed by atoms with Crippen LogP contribution in [-0.2, 0) is 23.0 Å². The molecule has 0 unspecified atom stereocenters. The van der Waals surface area contributed by atoms with Crippen LogP contribution in [0.1, 0.15) is 25.1 Å². The lowest BCUT2D eigenvalue weighted by Gasteiger charge is -2.14. The van der Waals surface area contributed by atoms with E-state index in [9.17, 15) is 12.8 Å². The van der Waals surface area contributed by atoms with E-state index in [2.05, 4.69) is 14.9 Å². The Labute approximate surface area is 180 Å². The van der Waals surface area contributed by atoms with Gasteiger partial charge in [-0.3, -0.25) is 4.72 Å². The van der Waals surface area contributed by atoms with Crippen molar-refractivity contribution < 1.29 is 22.3 Å². The molecule has 3 aromatic rings. The van der Waals surface area contributed by atoms with E-state index in [1.54, 1.807) is 6.07 Å². The molecular weight excluding hydrogens is 423 g/mol. The molecule has 1 aliphatic rings. The highest BCUT2D eigenvalue weighted by Crippen LogP contribution is 2.32. The molecule has 8 nitrogen and oxygen atoms in total. The molecule has 1 aromatic heterocycles. The minimum atomic E-state index is -4.03. The number of nitrogens with zero attached hydrogens (tertiary/aromatic N) is 3. The first-order valence-electron chi connectivity index (χ1n) is 9.90. The summed E-state index contributed by atoms with van der Waals surface area (Å²) in [5.74, 6) is 1.25. The highest BCUT2D eigenvalue weighted by molar-refractivity contribution is 7.92. The van der Waals surface area contributed by atoms with Gasteiger partial charge >= 0.3 is 0 Å². The van der Waals surface area contributed by atoms with Crippen LogP contribution < -0.4 is 14.2 Å². The van der Waals surface area contributed by atoms with Crippen LogP contribution in [0.25, 0.3) is 11.4 Å². The van der Waals surface area contributed by atoms with Gasteiger partial charge in [-0.15, -0.1) is 10.2 Å². The largest absolute Gasteiger partial charge is 0.497 e. The van der Waals surface area contributed by atoms with Crippen molar-refractivity contribution in [1.29, 1.82) is 0 Å². The lowest BCUT2D eigenvalue weighted by molar-refractivity contribution is 0.392. The molecule has 0 spiro atoms. The first kappa shape index (κ1) is 21.1. The molecule has 1 N–H and O–H groups in total. The van der Waals surface area contributed by atoms with Crippen LogP contribution in [0.4, 0.5) is 10.1 Å². The number of aromatic nitrogens is 3. The van der Waals surface area contributed by atoms with Gasteiger partial charge in [0.15, 0.2) is 5.82 Å². The number of hydrogen-bond donors (Lipinski definition) is 1. The molecule has 0 saturated heterocycles. The van der Waals surface area contributed by atoms with Crippen LogP contribution >= 0.6 is 0 Å². The number of nitrogens with one attached hydrogen (secondary N) is 1. The lowest BCUT2D eigenvalue weighted by Crippen LogP contribution is -2.14. The molecule has 2 aromatic carbocycles. The quantitative estimate of drug-likeness (QED) is 0.621. The Kier molecular flexibility index (Phi) is 5.81. The van der Waals surface area contributed by atoms with Gasteiger partial charge in [0.05, 0.1) is 19.8 Å². The minimum absolute atomic E-state index is 0.0865. The molecule has 10 heteroatoms. The van der Waals surface area contributed by atoms with Crippen molar-refractivity contribution in [2.24, 2.45) is 0 Å². The van der Waals surface area contributed by atoms with Crippen molar-refractivity contribution in [3.63, 3.8) is 0 Å². The standard InChI is InChI=1S/C21H23FN4O4S/c1-29-15-8-10-18(30-2)19(13-15)31(27,28)25-14-7-9-17(22)16(12-14)21-24-23-20-6-4-3-5-11-26(20)21/h7-10,12-13,25H,3-6,11H2,1-2H3. The van der Waals surface area contributed by atoms with Crippen LogP contribution in [0.2, 0.25) is 0 Å². The fourth-order valence-electron chi connectivity index (χ4n) is 3.65. The van der Waals surface area contributed by atoms with Gasteiger partial charge in [0, 0.05) is 24.7 Å². The third kappa shape index (κ3) is 4.20. The zero-order chi connectivity index (χ0) is 22.0. The second-order valence-electron chi connectivity index (χ2n) is 7.22. The summed E-state index contributed by atoms with van der Waals surface area (Å²) in [7, 11) is -1.20. The van der Waals surface area contributed by atoms with Crippen molar-refractivity contribution in [2.75, 3.05) is 18.9 Å². The van der Waals surface area contributed by atoms with Gasteiger partial charge in [-0.1, -0.05) is 6.42 Å². The maximum Gasteiger partial charge on any atom is 0.265 e. The van der Waals surface area contributed by atoms with E-state index < -0.39 is 15.8 Å². The summed E-state index contributed by atoms with van der Waals surface area (Å²) < 4.78 is 55.5. The van der Waals surface area contributed by atoms with Crippen molar-refractivity contribution in [2.45, 2.75) is 37.1 Å². The third-order valence-corrected chi connectivity index (χ3v) is 6.63. The molecule has 164 valence electrons. The zero-order valence-electron chi connectivity index (χ0n) is 17.3. The maximum absolute atomic E-state index is 14.7. The normalized spacial score (nSPS) is 13.9. The third-order valence-electron chi connectivity index (χ3n) is 5.23. The van der Waals surface area contributed by atoms with Crippen LogP contribution in [0.15, 0.2) is 41.3 Å². The van der Waals surface area contributed by atoms with Crippen LogP contribution in [0.3, 0.4) is 0 Å². The van der Waals surface area contributed by atoms with E-state index in [0.29, 0.717) is 18.1 Å². The molecule has 4 rings (SSSR count). The minimum Gasteiger partial charge on any atom is -0.497 e. The number of anilines is 1. The van der Waals surface area contributed by atoms with E-state index in [0.717, 1.165) is 31.5 Å². The van der Waals surface area contributed by atoms with Crippen LogP contribution in [0.5, 0.6) is 11.5 Å². The molecule has 0 aliphatic carbocycles. The summed E-state index contributed by atoms with van der Waals surface area (Å²) in [5, 5.41) is 8.38. The second kappa shape index (κ2) is 8.54. The van der Waals surface area contributed by atoms with Gasteiger partial charge in [-0.25, -0.2) is 12.8 Å². The topological polar surface area (TPSA) is 95.3 Å². The molecular formula is C21H23FN4O4S. The van der Waals surface area contributed by atoms with E-state index in [-0.39, 0.29) is 21.9 Å². The summed E-state index contributed by atoms with van der Waals surface area (Å²) in [6, 6.07) is 8.49. The fourth-order valence-corrected chi connectivity index (χ4v) is 4.88. The predicted molar refractivity (Wildman–Crippen MR) is 113 cm³/mol. The van der Waals surface area contributed by atoms with Crippen molar-refractivity contribution in [3.05, 3.63) is 48.0 Å². The maximum atomic E-state index is 14.7. The van der Waals surface area contributed by atoms with E-state index in [1.807, 2.05) is 4.57 Å². The van der Waals surface area contributed by atoms with Gasteiger partial charge in [0.25, 0.3) is 10.0 Å². The van der Waals surface area contributed by atoms with Crippen molar-refractivity contribution in [3.8, 4) is 22.9 Å². The van der Waals surface area contributed by atoms with Crippen molar-refractivity contribution in [1.82, 2.24) is 14.8 Å². The van der Waals surface area contributed by atoms with E-state index in [4.69, 9.17) is 9.47 Å². The molecule has 0 radical (unpaired) electrons. The number of sulfonamides is 1. The average Bonchev–Trinajstić information content (AvgIpc) is 3.01. The zero-order valence-corrected chi connectivity index (χ0v) is 18.1. The smallest absolute Gasteiger partial charge is 0.265 e. The Hall–Kier alpha value is -3.14. The van der Waals surface area contributed by atoms with Gasteiger partial charge < -0.3 is 14.0 Å². The fraction of sp³-hybridized carbons (Fsp3) is 0.333. The number of rotatable bonds is 6. The Morgan fingerprint density at radius 3 is 2.65 bits per heavy atom. The molecule has 0 saturated carbocycles. The summed E-state index contributed by atoms with van der Waals surface area (Å²) in [6.07, 6.45) is 3.84. The monoisotopic (exact) mass is 446 g/mol. The van der Waals surface area contributed by atoms with E-state index >= 15 is 0 Å². The summed E-state index contributed by atoms with van der Waals surface area (Å²) >= 11 is 0. The van der Waals surface area contributed by atoms with Gasteiger partial charge in [0.1, 0.15) is 28.0 Å². The highest BCUT2D eigenvalue weighted by atomic mass is 32.2. The predicted octanol–water partition coefficient (Wildman–Crippen LogP) is 3.63. The van der Waals surface area contributed by atoms with Crippen LogP contribution in [0, 0.1) is 5.82 Å². The first-order chi connectivity index (χ1) is 14.9. The Bertz CT molecular complexity index is 1210. The number of benzene rings is 2. The lowest BCUT2D eigenvalue weighted by atomic mass is 10.1. The average molecular weight is 447 g/mol. The molecule has 0 fully saturated rings. The molecule has 31 heavy (non-hydrogen) atoms. The molecule has 2 heterocycles. The van der Waals surface area contributed by atoms with Gasteiger partial charge in [-0.05, 0) is 43.2 Å². The Morgan fingerprint density at radius 2 is 1.87 bits per heavy atom.